The highest BCUT2D eigenvalue weighted by atomic mass is 19.1. The molecule has 7 heteroatoms. The van der Waals surface area contributed by atoms with Crippen molar-refractivity contribution in [1.82, 2.24) is 10.9 Å². The minimum absolute atomic E-state index is 0.0207. The summed E-state index contributed by atoms with van der Waals surface area (Å²) in [5.41, 5.74) is 13.3. The predicted molar refractivity (Wildman–Crippen MR) is 93.4 cm³/mol. The molecule has 0 saturated heterocycles. The van der Waals surface area contributed by atoms with Crippen LogP contribution < -0.4 is 16.6 Å². The Morgan fingerprint density at radius 1 is 1.24 bits per heavy atom. The summed E-state index contributed by atoms with van der Waals surface area (Å²) < 4.78 is 14.3. The summed E-state index contributed by atoms with van der Waals surface area (Å²) in [6, 6.07) is 14.4. The summed E-state index contributed by atoms with van der Waals surface area (Å²) in [6.45, 7) is 2.00. The number of carbonyl (C=O) groups is 1. The summed E-state index contributed by atoms with van der Waals surface area (Å²) in [4.78, 5) is 15.1. The molecule has 1 amide bonds. The van der Waals surface area contributed by atoms with E-state index in [0.717, 1.165) is 16.7 Å². The summed E-state index contributed by atoms with van der Waals surface area (Å²) >= 11 is 0. The van der Waals surface area contributed by atoms with E-state index >= 15 is 0 Å². The molecule has 0 atom stereocenters. The quantitative estimate of drug-likeness (QED) is 0.451. The van der Waals surface area contributed by atoms with Gasteiger partial charge in [0.25, 0.3) is 5.91 Å². The lowest BCUT2D eigenvalue weighted by atomic mass is 10.0. The number of hydrogen-bond acceptors (Lipinski definition) is 3. The molecular weight excluding hydrogens is 321 g/mol. The lowest BCUT2D eigenvalue weighted by Crippen LogP contribution is -2.45. The van der Waals surface area contributed by atoms with Gasteiger partial charge in [-0.15, -0.1) is 0 Å². The minimum Gasteiger partial charge on any atom is -0.369 e. The Morgan fingerprint density at radius 3 is 2.68 bits per heavy atom. The highest BCUT2D eigenvalue weighted by molar-refractivity contribution is 5.83. The molecule has 0 aliphatic heterocycles. The maximum atomic E-state index is 14.3. The van der Waals surface area contributed by atoms with E-state index in [1.54, 1.807) is 12.1 Å². The second-order valence-electron chi connectivity index (χ2n) is 5.39. The average Bonchev–Trinajstić information content (AvgIpc) is 2.59. The van der Waals surface area contributed by atoms with E-state index in [2.05, 4.69) is 15.8 Å². The van der Waals surface area contributed by atoms with Crippen LogP contribution in [0.3, 0.4) is 0 Å². The SMILES string of the molecule is Cc1cccc(-c2ccc(CN=C(N)NNC(=O)CC#N)c(F)c2)c1. The van der Waals surface area contributed by atoms with Crippen molar-refractivity contribution in [2.24, 2.45) is 10.7 Å². The number of rotatable bonds is 4. The van der Waals surface area contributed by atoms with E-state index < -0.39 is 5.91 Å². The van der Waals surface area contributed by atoms with E-state index in [9.17, 15) is 9.18 Å². The first-order valence-corrected chi connectivity index (χ1v) is 7.57. The lowest BCUT2D eigenvalue weighted by Gasteiger charge is -2.08. The highest BCUT2D eigenvalue weighted by Crippen LogP contribution is 2.23. The molecule has 0 unspecified atom stereocenters. The largest absolute Gasteiger partial charge is 0.369 e. The van der Waals surface area contributed by atoms with E-state index in [4.69, 9.17) is 11.0 Å². The standard InChI is InChI=1S/C18H18FN5O/c1-12-3-2-4-13(9-12)14-5-6-15(16(19)10-14)11-22-18(21)24-23-17(25)7-8-20/h2-6,9-10H,7,11H2,1H3,(H,23,25)(H3,21,22,24). The predicted octanol–water partition coefficient (Wildman–Crippen LogP) is 2.15. The molecule has 2 aromatic rings. The van der Waals surface area contributed by atoms with Crippen molar-refractivity contribution >= 4 is 11.9 Å². The molecule has 0 saturated carbocycles. The van der Waals surface area contributed by atoms with Gasteiger partial charge in [0.15, 0.2) is 0 Å². The third-order valence-electron chi connectivity index (χ3n) is 3.39. The van der Waals surface area contributed by atoms with Gasteiger partial charge >= 0.3 is 0 Å². The second-order valence-corrected chi connectivity index (χ2v) is 5.39. The normalized spacial score (nSPS) is 10.8. The van der Waals surface area contributed by atoms with Crippen LogP contribution in [0.4, 0.5) is 4.39 Å². The maximum Gasteiger partial charge on any atom is 0.252 e. The Hall–Kier alpha value is -3.40. The van der Waals surface area contributed by atoms with Crippen LogP contribution in [0.1, 0.15) is 17.5 Å². The van der Waals surface area contributed by atoms with Gasteiger partial charge in [-0.2, -0.15) is 5.26 Å². The van der Waals surface area contributed by atoms with Crippen LogP contribution >= 0.6 is 0 Å². The van der Waals surface area contributed by atoms with Gasteiger partial charge in [0.2, 0.25) is 5.96 Å². The number of hydrogen-bond donors (Lipinski definition) is 3. The molecule has 4 N–H and O–H groups in total. The molecule has 0 aliphatic carbocycles. The Kier molecular flexibility index (Phi) is 6.07. The van der Waals surface area contributed by atoms with Crippen LogP contribution in [-0.4, -0.2) is 11.9 Å². The zero-order valence-electron chi connectivity index (χ0n) is 13.7. The number of benzene rings is 2. The Balaban J connectivity index is 2.02. The van der Waals surface area contributed by atoms with E-state index in [1.165, 1.54) is 6.07 Å². The van der Waals surface area contributed by atoms with Crippen molar-refractivity contribution < 1.29 is 9.18 Å². The van der Waals surface area contributed by atoms with Gasteiger partial charge in [0, 0.05) is 5.56 Å². The number of aliphatic imine (C=N–C) groups is 1. The van der Waals surface area contributed by atoms with Gasteiger partial charge < -0.3 is 5.73 Å². The lowest BCUT2D eigenvalue weighted by molar-refractivity contribution is -0.120. The fraction of sp³-hybridized carbons (Fsp3) is 0.167. The summed E-state index contributed by atoms with van der Waals surface area (Å²) in [5, 5.41) is 8.36. The molecule has 0 spiro atoms. The number of halogens is 1. The molecule has 0 bridgehead atoms. The Morgan fingerprint density at radius 2 is 2.00 bits per heavy atom. The van der Waals surface area contributed by atoms with Gasteiger partial charge in [0.05, 0.1) is 12.6 Å². The maximum absolute atomic E-state index is 14.3. The molecule has 128 valence electrons. The van der Waals surface area contributed by atoms with Crippen LogP contribution in [0.25, 0.3) is 11.1 Å². The summed E-state index contributed by atoms with van der Waals surface area (Å²) in [7, 11) is 0. The molecular formula is C18H18FN5O. The van der Waals surface area contributed by atoms with Crippen LogP contribution in [-0.2, 0) is 11.3 Å². The number of nitrogens with two attached hydrogens (primary N) is 1. The average molecular weight is 339 g/mol. The van der Waals surface area contributed by atoms with Gasteiger partial charge in [-0.1, -0.05) is 42.0 Å². The summed E-state index contributed by atoms with van der Waals surface area (Å²) in [5.74, 6) is -0.994. The number of amides is 1. The van der Waals surface area contributed by atoms with Crippen LogP contribution in [0.15, 0.2) is 47.5 Å². The molecule has 2 aromatic carbocycles. The molecule has 0 heterocycles. The Bertz CT molecular complexity index is 842. The third kappa shape index (κ3) is 5.32. The number of nitrogens with zero attached hydrogens (tertiary/aromatic N) is 2. The third-order valence-corrected chi connectivity index (χ3v) is 3.39. The minimum atomic E-state index is -0.533. The topological polar surface area (TPSA) is 103 Å². The highest BCUT2D eigenvalue weighted by Gasteiger charge is 2.06. The van der Waals surface area contributed by atoms with Crippen LogP contribution in [0, 0.1) is 24.1 Å². The van der Waals surface area contributed by atoms with Crippen LogP contribution in [0.2, 0.25) is 0 Å². The first kappa shape index (κ1) is 17.9. The Labute approximate surface area is 145 Å². The van der Waals surface area contributed by atoms with Crippen molar-refractivity contribution in [3.63, 3.8) is 0 Å². The first-order valence-electron chi connectivity index (χ1n) is 7.57. The molecule has 0 aliphatic rings. The van der Waals surface area contributed by atoms with E-state index in [0.29, 0.717) is 5.56 Å². The number of hydrazine groups is 1. The fourth-order valence-corrected chi connectivity index (χ4v) is 2.14. The van der Waals surface area contributed by atoms with Crippen molar-refractivity contribution in [3.8, 4) is 17.2 Å². The van der Waals surface area contributed by atoms with Crippen molar-refractivity contribution in [2.75, 3.05) is 0 Å². The van der Waals surface area contributed by atoms with E-state index in [1.807, 2.05) is 37.3 Å². The smallest absolute Gasteiger partial charge is 0.252 e. The van der Waals surface area contributed by atoms with Crippen molar-refractivity contribution in [3.05, 3.63) is 59.4 Å². The number of nitrogens with one attached hydrogen (secondary N) is 2. The molecule has 2 rings (SSSR count). The monoisotopic (exact) mass is 339 g/mol. The molecule has 0 aromatic heterocycles. The van der Waals surface area contributed by atoms with Gasteiger partial charge in [-0.3, -0.25) is 15.6 Å². The number of aryl methyl sites for hydroxylation is 1. The van der Waals surface area contributed by atoms with Gasteiger partial charge in [-0.25, -0.2) is 9.38 Å². The number of carbonyl (C=O) groups excluding carboxylic acids is 1. The molecule has 25 heavy (non-hydrogen) atoms. The van der Waals surface area contributed by atoms with Crippen molar-refractivity contribution in [2.45, 2.75) is 19.9 Å². The van der Waals surface area contributed by atoms with Gasteiger partial charge in [0.1, 0.15) is 12.2 Å². The zero-order chi connectivity index (χ0) is 18.2. The molecule has 0 radical (unpaired) electrons. The fourth-order valence-electron chi connectivity index (χ4n) is 2.14. The molecule has 0 fully saturated rings. The number of nitriles is 1. The van der Waals surface area contributed by atoms with Gasteiger partial charge in [-0.05, 0) is 24.1 Å². The zero-order valence-corrected chi connectivity index (χ0v) is 13.7. The van der Waals surface area contributed by atoms with Crippen LogP contribution in [0.5, 0.6) is 0 Å². The molecule has 6 nitrogen and oxygen atoms in total. The summed E-state index contributed by atoms with van der Waals surface area (Å²) in [6.07, 6.45) is -0.296. The van der Waals surface area contributed by atoms with E-state index in [-0.39, 0.29) is 24.7 Å². The van der Waals surface area contributed by atoms with Crippen molar-refractivity contribution in [1.29, 1.82) is 5.26 Å². The number of guanidine groups is 1. The first-order chi connectivity index (χ1) is 12.0. The second kappa shape index (κ2) is 8.45.